The molecule has 6 nitrogen and oxygen atoms in total. The highest BCUT2D eigenvalue weighted by molar-refractivity contribution is 5.85. The smallest absolute Gasteiger partial charge is 0.227 e. The number of amides is 1. The molecule has 1 N–H and O–H groups in total. The lowest BCUT2D eigenvalue weighted by atomic mass is 9.76. The van der Waals surface area contributed by atoms with E-state index in [1.54, 1.807) is 7.11 Å². The summed E-state index contributed by atoms with van der Waals surface area (Å²) >= 11 is 0. The Bertz CT molecular complexity index is 766. The van der Waals surface area contributed by atoms with E-state index >= 15 is 0 Å². The largest absolute Gasteiger partial charge is 0.550 e. The molecule has 0 aromatic heterocycles. The van der Waals surface area contributed by atoms with Crippen LogP contribution in [0.5, 0.6) is 5.75 Å². The first-order chi connectivity index (χ1) is 13.4. The summed E-state index contributed by atoms with van der Waals surface area (Å²) in [7, 11) is 1.67. The highest BCUT2D eigenvalue weighted by Crippen LogP contribution is 2.35. The van der Waals surface area contributed by atoms with Crippen molar-refractivity contribution in [1.29, 1.82) is 0 Å². The quantitative estimate of drug-likeness (QED) is 0.725. The van der Waals surface area contributed by atoms with E-state index < -0.39 is 17.8 Å². The second kappa shape index (κ2) is 8.78. The predicted octanol–water partition coefficient (Wildman–Crippen LogP) is 0.0348. The zero-order valence-electron chi connectivity index (χ0n) is 17.0. The fraction of sp³-hybridized carbons (Fsp3) is 0.545. The first-order valence-electron chi connectivity index (χ1n) is 10.0. The Hall–Kier alpha value is -2.34. The van der Waals surface area contributed by atoms with Crippen LogP contribution < -0.4 is 14.7 Å². The van der Waals surface area contributed by atoms with Gasteiger partial charge in [0.15, 0.2) is 0 Å². The van der Waals surface area contributed by atoms with E-state index in [1.807, 2.05) is 30.9 Å². The molecule has 0 radical (unpaired) electrons. The first-order valence-corrected chi connectivity index (χ1v) is 10.0. The maximum absolute atomic E-state index is 13.1. The van der Waals surface area contributed by atoms with Gasteiger partial charge in [-0.15, -0.1) is 0 Å². The molecule has 1 saturated heterocycles. The molecule has 0 unspecified atom stereocenters. The summed E-state index contributed by atoms with van der Waals surface area (Å²) in [5.74, 6) is -1.48. The van der Waals surface area contributed by atoms with Crippen molar-refractivity contribution in [2.24, 2.45) is 11.8 Å². The van der Waals surface area contributed by atoms with E-state index in [1.165, 1.54) is 10.5 Å². The summed E-state index contributed by atoms with van der Waals surface area (Å²) in [6.45, 7) is 7.89. The molecular formula is C22H30N2O4. The molecule has 1 amide bonds. The number of nitrogens with zero attached hydrogens (tertiary/aromatic N) is 1. The van der Waals surface area contributed by atoms with Crippen LogP contribution in [0.3, 0.4) is 0 Å². The highest BCUT2D eigenvalue weighted by Gasteiger charge is 2.37. The Morgan fingerprint density at radius 2 is 1.79 bits per heavy atom. The number of nitrogens with one attached hydrogen (secondary N) is 1. The van der Waals surface area contributed by atoms with Gasteiger partial charge in [-0.2, -0.15) is 0 Å². The van der Waals surface area contributed by atoms with Crippen LogP contribution in [0.15, 0.2) is 35.4 Å². The third kappa shape index (κ3) is 4.55. The van der Waals surface area contributed by atoms with E-state index in [-0.39, 0.29) is 5.91 Å². The topological polar surface area (TPSA) is 74.1 Å². The number of carbonyl (C=O) groups excluding carboxylic acids is 2. The fourth-order valence-corrected chi connectivity index (χ4v) is 4.33. The fourth-order valence-electron chi connectivity index (χ4n) is 4.33. The molecule has 0 spiro atoms. The van der Waals surface area contributed by atoms with E-state index in [2.05, 4.69) is 12.1 Å². The summed E-state index contributed by atoms with van der Waals surface area (Å²) in [6.07, 6.45) is 0.950. The molecule has 1 heterocycles. The Balaban J connectivity index is 1.59. The molecule has 1 aromatic carbocycles. The number of aliphatic carboxylic acids is 1. The van der Waals surface area contributed by atoms with Gasteiger partial charge < -0.3 is 24.4 Å². The van der Waals surface area contributed by atoms with Crippen molar-refractivity contribution in [1.82, 2.24) is 4.90 Å². The third-order valence-electron chi connectivity index (χ3n) is 6.26. The van der Waals surface area contributed by atoms with Crippen molar-refractivity contribution in [3.05, 3.63) is 41.0 Å². The van der Waals surface area contributed by atoms with Crippen molar-refractivity contribution in [3.63, 3.8) is 0 Å². The van der Waals surface area contributed by atoms with E-state index in [4.69, 9.17) is 4.74 Å². The number of benzene rings is 1. The van der Waals surface area contributed by atoms with Gasteiger partial charge in [0.05, 0.1) is 39.2 Å². The zero-order valence-corrected chi connectivity index (χ0v) is 17.0. The van der Waals surface area contributed by atoms with Gasteiger partial charge in [0.2, 0.25) is 5.91 Å². The molecule has 28 heavy (non-hydrogen) atoms. The molecule has 152 valence electrons. The molecule has 2 atom stereocenters. The van der Waals surface area contributed by atoms with Crippen LogP contribution in [0.1, 0.15) is 32.3 Å². The standard InChI is InChI=1S/C22H30N2O4/c1-15-11-19(20(22(26)27)12-16(15)2)21(25)24-9-7-23(8-10-24)14-17-5-4-6-18(13-17)28-3/h4-6,13,19-20H,7-12,14H2,1-3H3,(H,26,27)/t19-,20-/m1/s1. The van der Waals surface area contributed by atoms with Crippen LogP contribution in [0.4, 0.5) is 0 Å². The monoisotopic (exact) mass is 386 g/mol. The van der Waals surface area contributed by atoms with E-state index in [0.717, 1.165) is 36.5 Å². The highest BCUT2D eigenvalue weighted by atomic mass is 16.5. The summed E-state index contributed by atoms with van der Waals surface area (Å²) < 4.78 is 5.29. The molecule has 6 heteroatoms. The van der Waals surface area contributed by atoms with Gasteiger partial charge in [-0.3, -0.25) is 4.79 Å². The van der Waals surface area contributed by atoms with Crippen molar-refractivity contribution in [3.8, 4) is 5.75 Å². The minimum atomic E-state index is -1.10. The molecule has 0 bridgehead atoms. The van der Waals surface area contributed by atoms with Gasteiger partial charge >= 0.3 is 0 Å². The minimum Gasteiger partial charge on any atom is -0.550 e. The molecule has 1 aliphatic heterocycles. The number of hydrogen-bond donors (Lipinski definition) is 1. The zero-order chi connectivity index (χ0) is 20.3. The van der Waals surface area contributed by atoms with Gasteiger partial charge in [-0.25, -0.2) is 0 Å². The number of methoxy groups -OCH3 is 1. The Morgan fingerprint density at radius 3 is 2.39 bits per heavy atom. The summed E-state index contributed by atoms with van der Waals surface area (Å²) in [5, 5.41) is 11.6. The van der Waals surface area contributed by atoms with Crippen LogP contribution in [0, 0.1) is 11.8 Å². The second-order valence-electron chi connectivity index (χ2n) is 8.10. The van der Waals surface area contributed by atoms with Crippen molar-refractivity contribution in [2.45, 2.75) is 33.2 Å². The van der Waals surface area contributed by atoms with Gasteiger partial charge in [0, 0.05) is 17.5 Å². The van der Waals surface area contributed by atoms with E-state index in [0.29, 0.717) is 25.9 Å². The first kappa shape index (κ1) is 20.4. The van der Waals surface area contributed by atoms with Crippen LogP contribution in [-0.2, 0) is 16.1 Å². The van der Waals surface area contributed by atoms with Crippen molar-refractivity contribution >= 4 is 11.9 Å². The molecular weight excluding hydrogens is 356 g/mol. The maximum atomic E-state index is 13.1. The number of carboxylic acid groups (broad SMARTS) is 1. The SMILES string of the molecule is COc1cccc(C[NH+]2CCN(C(=O)[C@@H]3CC(C)=C(C)C[C@H]3C(=O)[O-])CC2)c1. The Morgan fingerprint density at radius 1 is 1.14 bits per heavy atom. The average Bonchev–Trinajstić information content (AvgIpc) is 2.69. The summed E-state index contributed by atoms with van der Waals surface area (Å²) in [5.41, 5.74) is 3.43. The van der Waals surface area contributed by atoms with Crippen molar-refractivity contribution < 1.29 is 24.3 Å². The predicted molar refractivity (Wildman–Crippen MR) is 104 cm³/mol. The van der Waals surface area contributed by atoms with Crippen LogP contribution >= 0.6 is 0 Å². The number of carboxylic acids is 1. The number of quaternary nitrogens is 1. The lowest BCUT2D eigenvalue weighted by Gasteiger charge is -2.38. The van der Waals surface area contributed by atoms with Gasteiger partial charge in [-0.05, 0) is 38.8 Å². The maximum Gasteiger partial charge on any atom is 0.227 e. The van der Waals surface area contributed by atoms with Gasteiger partial charge in [0.1, 0.15) is 12.3 Å². The molecule has 2 aliphatic rings. The molecule has 3 rings (SSSR count). The molecule has 1 fully saturated rings. The van der Waals surface area contributed by atoms with Gasteiger partial charge in [0.25, 0.3) is 0 Å². The number of carbonyl (C=O) groups is 2. The molecule has 1 aromatic rings. The average molecular weight is 386 g/mol. The number of ether oxygens (including phenoxy) is 1. The van der Waals surface area contributed by atoms with Crippen LogP contribution in [0.25, 0.3) is 0 Å². The number of allylic oxidation sites excluding steroid dienone is 2. The summed E-state index contributed by atoms with van der Waals surface area (Å²) in [6, 6.07) is 8.07. The minimum absolute atomic E-state index is 0.0264. The normalized spacial score (nSPS) is 23.6. The van der Waals surface area contributed by atoms with E-state index in [9.17, 15) is 14.7 Å². The molecule has 0 saturated carbocycles. The second-order valence-corrected chi connectivity index (χ2v) is 8.10. The number of hydrogen-bond acceptors (Lipinski definition) is 4. The van der Waals surface area contributed by atoms with Gasteiger partial charge in [-0.1, -0.05) is 23.3 Å². The lowest BCUT2D eigenvalue weighted by Crippen LogP contribution is -3.13. The number of rotatable bonds is 5. The number of piperazine rings is 1. The third-order valence-corrected chi connectivity index (χ3v) is 6.26. The van der Waals surface area contributed by atoms with Crippen LogP contribution in [-0.4, -0.2) is 50.1 Å². The van der Waals surface area contributed by atoms with Crippen LogP contribution in [0.2, 0.25) is 0 Å². The lowest BCUT2D eigenvalue weighted by molar-refractivity contribution is -0.917. The molecule has 1 aliphatic carbocycles. The Labute approximate surface area is 166 Å². The summed E-state index contributed by atoms with van der Waals surface area (Å²) in [4.78, 5) is 27.9. The van der Waals surface area contributed by atoms with Crippen molar-refractivity contribution in [2.75, 3.05) is 33.3 Å². The Kier molecular flexibility index (Phi) is 6.39.